The molecular weight excluding hydrogens is 238 g/mol. The average molecular weight is 257 g/mol. The van der Waals surface area contributed by atoms with Gasteiger partial charge in [0.1, 0.15) is 5.75 Å². The fourth-order valence-corrected chi connectivity index (χ4v) is 1.81. The van der Waals surface area contributed by atoms with Gasteiger partial charge < -0.3 is 10.5 Å². The maximum atomic E-state index is 5.59. The van der Waals surface area contributed by atoms with Crippen molar-refractivity contribution in [3.63, 3.8) is 0 Å². The molecule has 0 bridgehead atoms. The zero-order chi connectivity index (χ0) is 13.5. The predicted molar refractivity (Wildman–Crippen MR) is 75.3 cm³/mol. The van der Waals surface area contributed by atoms with Gasteiger partial charge in [-0.15, -0.1) is 0 Å². The van der Waals surface area contributed by atoms with E-state index in [1.165, 1.54) is 5.56 Å². The molecular formula is C15H19N3O. The highest BCUT2D eigenvalue weighted by Crippen LogP contribution is 2.18. The van der Waals surface area contributed by atoms with E-state index in [0.717, 1.165) is 30.6 Å². The first-order chi connectivity index (χ1) is 9.31. The van der Waals surface area contributed by atoms with Gasteiger partial charge in [0.2, 0.25) is 0 Å². The van der Waals surface area contributed by atoms with Gasteiger partial charge in [-0.25, -0.2) is 9.97 Å². The smallest absolute Gasteiger partial charge is 0.321 e. The monoisotopic (exact) mass is 257 g/mol. The predicted octanol–water partition coefficient (Wildman–Crippen LogP) is 2.72. The number of nitrogens with zero attached hydrogens (tertiary/aromatic N) is 2. The molecule has 19 heavy (non-hydrogen) atoms. The Bertz CT molecular complexity index is 446. The number of hydrogen-bond acceptors (Lipinski definition) is 4. The summed E-state index contributed by atoms with van der Waals surface area (Å²) in [7, 11) is 0. The zero-order valence-corrected chi connectivity index (χ0v) is 11.2. The van der Waals surface area contributed by atoms with E-state index in [9.17, 15) is 0 Å². The van der Waals surface area contributed by atoms with Crippen LogP contribution in [0.4, 0.5) is 0 Å². The first kappa shape index (κ1) is 13.5. The summed E-state index contributed by atoms with van der Waals surface area (Å²) in [5.41, 5.74) is 7.81. The SMILES string of the molecule is CCCc1ccc(Oc2ncc(CCN)cn2)cc1. The van der Waals surface area contributed by atoms with Crippen LogP contribution in [0.3, 0.4) is 0 Å². The first-order valence-electron chi connectivity index (χ1n) is 6.59. The summed E-state index contributed by atoms with van der Waals surface area (Å²) in [6.07, 6.45) is 6.52. The zero-order valence-electron chi connectivity index (χ0n) is 11.2. The van der Waals surface area contributed by atoms with E-state index >= 15 is 0 Å². The van der Waals surface area contributed by atoms with Crippen molar-refractivity contribution < 1.29 is 4.74 Å². The minimum absolute atomic E-state index is 0.365. The fraction of sp³-hybridized carbons (Fsp3) is 0.333. The minimum atomic E-state index is 0.365. The van der Waals surface area contributed by atoms with Crippen LogP contribution in [0.5, 0.6) is 11.8 Å². The van der Waals surface area contributed by atoms with Crippen molar-refractivity contribution >= 4 is 0 Å². The third kappa shape index (κ3) is 4.03. The molecule has 2 aromatic rings. The van der Waals surface area contributed by atoms with Crippen LogP contribution in [0, 0.1) is 0 Å². The van der Waals surface area contributed by atoms with E-state index in [0.29, 0.717) is 12.6 Å². The van der Waals surface area contributed by atoms with E-state index in [1.54, 1.807) is 12.4 Å². The lowest BCUT2D eigenvalue weighted by molar-refractivity contribution is 0.441. The molecule has 0 aliphatic carbocycles. The summed E-state index contributed by atoms with van der Waals surface area (Å²) in [4.78, 5) is 8.32. The number of ether oxygens (including phenoxy) is 1. The highest BCUT2D eigenvalue weighted by molar-refractivity contribution is 5.29. The van der Waals surface area contributed by atoms with Gasteiger partial charge in [-0.3, -0.25) is 0 Å². The highest BCUT2D eigenvalue weighted by atomic mass is 16.5. The van der Waals surface area contributed by atoms with Gasteiger partial charge in [0.15, 0.2) is 0 Å². The van der Waals surface area contributed by atoms with E-state index in [2.05, 4.69) is 29.0 Å². The molecule has 0 aliphatic heterocycles. The molecule has 4 heteroatoms. The topological polar surface area (TPSA) is 61.0 Å². The summed E-state index contributed by atoms with van der Waals surface area (Å²) in [6.45, 7) is 2.77. The van der Waals surface area contributed by atoms with E-state index in [-0.39, 0.29) is 0 Å². The molecule has 1 heterocycles. The Balaban J connectivity index is 1.99. The maximum Gasteiger partial charge on any atom is 0.321 e. The number of nitrogens with two attached hydrogens (primary N) is 1. The van der Waals surface area contributed by atoms with Crippen LogP contribution < -0.4 is 10.5 Å². The molecule has 0 saturated heterocycles. The maximum absolute atomic E-state index is 5.59. The van der Waals surface area contributed by atoms with E-state index < -0.39 is 0 Å². The van der Waals surface area contributed by atoms with Crippen LogP contribution in [0.1, 0.15) is 24.5 Å². The number of rotatable bonds is 6. The normalized spacial score (nSPS) is 10.4. The Labute approximate surface area is 113 Å². The van der Waals surface area contributed by atoms with Crippen LogP contribution in [0.15, 0.2) is 36.7 Å². The molecule has 0 amide bonds. The molecule has 0 aliphatic rings. The Kier molecular flexibility index (Phi) is 4.86. The van der Waals surface area contributed by atoms with Crippen molar-refractivity contribution in [3.8, 4) is 11.8 Å². The number of benzene rings is 1. The quantitative estimate of drug-likeness (QED) is 0.864. The lowest BCUT2D eigenvalue weighted by Gasteiger charge is -2.05. The minimum Gasteiger partial charge on any atom is -0.424 e. The number of aromatic nitrogens is 2. The average Bonchev–Trinajstić information content (AvgIpc) is 2.44. The van der Waals surface area contributed by atoms with Crippen molar-refractivity contribution in [2.24, 2.45) is 5.73 Å². The lowest BCUT2D eigenvalue weighted by Crippen LogP contribution is -2.03. The second-order valence-corrected chi connectivity index (χ2v) is 4.41. The highest BCUT2D eigenvalue weighted by Gasteiger charge is 2.01. The van der Waals surface area contributed by atoms with E-state index in [1.807, 2.05) is 12.1 Å². The van der Waals surface area contributed by atoms with Gasteiger partial charge in [-0.1, -0.05) is 25.5 Å². The standard InChI is InChI=1S/C15H19N3O/c1-2-3-12-4-6-14(7-5-12)19-15-17-10-13(8-9-16)11-18-15/h4-7,10-11H,2-3,8-9,16H2,1H3. The Morgan fingerprint density at radius 3 is 2.26 bits per heavy atom. The molecule has 100 valence electrons. The fourth-order valence-electron chi connectivity index (χ4n) is 1.81. The van der Waals surface area contributed by atoms with Crippen molar-refractivity contribution in [2.45, 2.75) is 26.2 Å². The molecule has 0 atom stereocenters. The van der Waals surface area contributed by atoms with Gasteiger partial charge in [0.25, 0.3) is 0 Å². The van der Waals surface area contributed by atoms with Crippen molar-refractivity contribution in [1.29, 1.82) is 0 Å². The molecule has 0 fully saturated rings. The molecule has 4 nitrogen and oxygen atoms in total. The molecule has 1 aromatic carbocycles. The van der Waals surface area contributed by atoms with Crippen molar-refractivity contribution in [2.75, 3.05) is 6.54 Å². The summed E-state index contributed by atoms with van der Waals surface area (Å²) >= 11 is 0. The summed E-state index contributed by atoms with van der Waals surface area (Å²) in [5.74, 6) is 0.756. The molecule has 0 radical (unpaired) electrons. The van der Waals surface area contributed by atoms with E-state index in [4.69, 9.17) is 10.5 Å². The molecule has 2 N–H and O–H groups in total. The van der Waals surface area contributed by atoms with Gasteiger partial charge in [-0.2, -0.15) is 0 Å². The largest absolute Gasteiger partial charge is 0.424 e. The molecule has 0 spiro atoms. The van der Waals surface area contributed by atoms with Gasteiger partial charge in [0, 0.05) is 12.4 Å². The second-order valence-electron chi connectivity index (χ2n) is 4.41. The Hall–Kier alpha value is -1.94. The van der Waals surface area contributed by atoms with Crippen LogP contribution in [0.25, 0.3) is 0 Å². The van der Waals surface area contributed by atoms with Crippen LogP contribution >= 0.6 is 0 Å². The van der Waals surface area contributed by atoms with Crippen molar-refractivity contribution in [1.82, 2.24) is 9.97 Å². The third-order valence-electron chi connectivity index (χ3n) is 2.79. The van der Waals surface area contributed by atoms with Gasteiger partial charge in [-0.05, 0) is 42.6 Å². The van der Waals surface area contributed by atoms with Crippen molar-refractivity contribution in [3.05, 3.63) is 47.8 Å². The Morgan fingerprint density at radius 1 is 1.00 bits per heavy atom. The third-order valence-corrected chi connectivity index (χ3v) is 2.79. The Morgan fingerprint density at radius 2 is 1.68 bits per heavy atom. The molecule has 1 aromatic heterocycles. The summed E-state index contributed by atoms with van der Waals surface area (Å²) in [6, 6.07) is 8.40. The molecule has 0 saturated carbocycles. The van der Waals surface area contributed by atoms with Gasteiger partial charge in [0.05, 0.1) is 0 Å². The lowest BCUT2D eigenvalue weighted by atomic mass is 10.1. The number of hydrogen-bond donors (Lipinski definition) is 1. The first-order valence-corrected chi connectivity index (χ1v) is 6.59. The van der Waals surface area contributed by atoms with Gasteiger partial charge >= 0.3 is 6.01 Å². The van der Waals surface area contributed by atoms with Crippen LogP contribution in [0.2, 0.25) is 0 Å². The summed E-state index contributed by atoms with van der Waals surface area (Å²) in [5, 5.41) is 0. The molecule has 2 rings (SSSR count). The molecule has 0 unspecified atom stereocenters. The van der Waals surface area contributed by atoms with Crippen LogP contribution in [-0.4, -0.2) is 16.5 Å². The number of aryl methyl sites for hydroxylation is 1. The summed E-state index contributed by atoms with van der Waals surface area (Å²) < 4.78 is 5.59. The second kappa shape index (κ2) is 6.85. The van der Waals surface area contributed by atoms with Crippen LogP contribution in [-0.2, 0) is 12.8 Å².